The molecule has 0 atom stereocenters. The maximum absolute atomic E-state index is 11.7. The number of hydrogen-bond donors (Lipinski definition) is 2. The monoisotopic (exact) mass is 249 g/mol. The van der Waals surface area contributed by atoms with Gasteiger partial charge in [0.05, 0.1) is 12.0 Å². The van der Waals surface area contributed by atoms with Gasteiger partial charge < -0.3 is 10.4 Å². The van der Waals surface area contributed by atoms with Crippen LogP contribution in [0.15, 0.2) is 24.3 Å². The van der Waals surface area contributed by atoms with Crippen molar-refractivity contribution in [3.05, 3.63) is 35.4 Å². The van der Waals surface area contributed by atoms with E-state index in [1.165, 1.54) is 12.1 Å². The van der Waals surface area contributed by atoms with Crippen LogP contribution in [0.3, 0.4) is 0 Å². The first-order valence-electron chi connectivity index (χ1n) is 5.87. The molecular formula is C14H19NO3. The van der Waals surface area contributed by atoms with Crippen LogP contribution in [0.4, 0.5) is 0 Å². The number of aromatic carboxylic acids is 1. The molecule has 0 spiro atoms. The maximum atomic E-state index is 11.7. The van der Waals surface area contributed by atoms with Crippen LogP contribution in [-0.2, 0) is 11.2 Å². The van der Waals surface area contributed by atoms with Crippen LogP contribution in [0.25, 0.3) is 0 Å². The molecule has 0 saturated carbocycles. The van der Waals surface area contributed by atoms with E-state index in [0.717, 1.165) is 0 Å². The van der Waals surface area contributed by atoms with E-state index < -0.39 is 5.97 Å². The Balaban J connectivity index is 2.59. The molecule has 0 aliphatic heterocycles. The van der Waals surface area contributed by atoms with Crippen molar-refractivity contribution in [2.75, 3.05) is 6.54 Å². The first kappa shape index (κ1) is 14.2. The summed E-state index contributed by atoms with van der Waals surface area (Å²) in [5, 5.41) is 11.7. The molecule has 0 aliphatic carbocycles. The molecule has 18 heavy (non-hydrogen) atoms. The molecule has 0 bridgehead atoms. The van der Waals surface area contributed by atoms with Crippen molar-refractivity contribution >= 4 is 11.9 Å². The third-order valence-corrected chi connectivity index (χ3v) is 2.35. The summed E-state index contributed by atoms with van der Waals surface area (Å²) in [6, 6.07) is 6.44. The van der Waals surface area contributed by atoms with Gasteiger partial charge >= 0.3 is 5.97 Å². The molecule has 0 heterocycles. The van der Waals surface area contributed by atoms with E-state index in [4.69, 9.17) is 5.11 Å². The summed E-state index contributed by atoms with van der Waals surface area (Å²) in [6.45, 7) is 6.72. The Morgan fingerprint density at radius 1 is 1.28 bits per heavy atom. The molecule has 4 nitrogen and oxygen atoms in total. The van der Waals surface area contributed by atoms with Gasteiger partial charge in [0, 0.05) is 6.54 Å². The molecule has 0 unspecified atom stereocenters. The van der Waals surface area contributed by atoms with E-state index in [2.05, 4.69) is 5.32 Å². The van der Waals surface area contributed by atoms with Gasteiger partial charge in [-0.25, -0.2) is 4.79 Å². The fourth-order valence-corrected chi connectivity index (χ4v) is 1.43. The number of benzene rings is 1. The number of carbonyl (C=O) groups excluding carboxylic acids is 1. The molecule has 1 aromatic carbocycles. The molecule has 1 aromatic rings. The third-order valence-electron chi connectivity index (χ3n) is 2.35. The molecule has 0 fully saturated rings. The molecule has 2 N–H and O–H groups in total. The molecular weight excluding hydrogens is 230 g/mol. The van der Waals surface area contributed by atoms with Crippen LogP contribution in [0.1, 0.15) is 36.7 Å². The Kier molecular flexibility index (Phi) is 4.48. The van der Waals surface area contributed by atoms with Gasteiger partial charge in [0.25, 0.3) is 0 Å². The Hall–Kier alpha value is -1.84. The highest BCUT2D eigenvalue weighted by atomic mass is 16.4. The average Bonchev–Trinajstić information content (AvgIpc) is 2.26. The molecule has 0 aromatic heterocycles. The second-order valence-electron chi connectivity index (χ2n) is 5.52. The molecule has 0 saturated heterocycles. The van der Waals surface area contributed by atoms with Gasteiger partial charge in [0.1, 0.15) is 0 Å². The standard InChI is InChI=1S/C14H19NO3/c1-14(2,3)9-15-12(16)8-10-5-4-6-11(7-10)13(17)18/h4-7H,8-9H2,1-3H3,(H,15,16)(H,17,18). The van der Waals surface area contributed by atoms with Crippen molar-refractivity contribution < 1.29 is 14.7 Å². The molecule has 1 amide bonds. The Morgan fingerprint density at radius 3 is 2.50 bits per heavy atom. The van der Waals surface area contributed by atoms with Crippen molar-refractivity contribution in [3.63, 3.8) is 0 Å². The minimum atomic E-state index is -0.980. The highest BCUT2D eigenvalue weighted by Gasteiger charge is 2.12. The summed E-state index contributed by atoms with van der Waals surface area (Å²) < 4.78 is 0. The summed E-state index contributed by atoms with van der Waals surface area (Å²) in [6.07, 6.45) is 0.206. The van der Waals surface area contributed by atoms with Crippen LogP contribution < -0.4 is 5.32 Å². The lowest BCUT2D eigenvalue weighted by molar-refractivity contribution is -0.120. The van der Waals surface area contributed by atoms with Crippen molar-refractivity contribution in [2.45, 2.75) is 27.2 Å². The van der Waals surface area contributed by atoms with E-state index in [1.807, 2.05) is 20.8 Å². The Bertz CT molecular complexity index is 447. The number of hydrogen-bond acceptors (Lipinski definition) is 2. The topological polar surface area (TPSA) is 66.4 Å². The van der Waals surface area contributed by atoms with Gasteiger partial charge in [-0.1, -0.05) is 32.9 Å². The molecule has 1 rings (SSSR count). The van der Waals surface area contributed by atoms with Gasteiger partial charge in [-0.15, -0.1) is 0 Å². The van der Waals surface area contributed by atoms with Crippen LogP contribution in [-0.4, -0.2) is 23.5 Å². The summed E-state index contributed by atoms with van der Waals surface area (Å²) in [5.41, 5.74) is 0.955. The minimum absolute atomic E-state index is 0.0403. The smallest absolute Gasteiger partial charge is 0.335 e. The van der Waals surface area contributed by atoms with Crippen LogP contribution >= 0.6 is 0 Å². The van der Waals surface area contributed by atoms with E-state index in [9.17, 15) is 9.59 Å². The molecule has 0 radical (unpaired) electrons. The number of carboxylic acids is 1. The van der Waals surface area contributed by atoms with Crippen molar-refractivity contribution in [2.24, 2.45) is 5.41 Å². The zero-order valence-electron chi connectivity index (χ0n) is 11.0. The van der Waals surface area contributed by atoms with Gasteiger partial charge in [0.2, 0.25) is 5.91 Å². The van der Waals surface area contributed by atoms with Crippen LogP contribution in [0.2, 0.25) is 0 Å². The predicted octanol–water partition coefficient (Wildman–Crippen LogP) is 2.09. The van der Waals surface area contributed by atoms with Crippen molar-refractivity contribution in [1.82, 2.24) is 5.32 Å². The second kappa shape index (κ2) is 5.67. The Morgan fingerprint density at radius 2 is 1.94 bits per heavy atom. The Labute approximate surface area is 107 Å². The predicted molar refractivity (Wildman–Crippen MR) is 69.6 cm³/mol. The largest absolute Gasteiger partial charge is 0.478 e. The SMILES string of the molecule is CC(C)(C)CNC(=O)Cc1cccc(C(=O)O)c1. The number of rotatable bonds is 4. The minimum Gasteiger partial charge on any atom is -0.478 e. The zero-order chi connectivity index (χ0) is 13.8. The first-order valence-corrected chi connectivity index (χ1v) is 5.87. The van der Waals surface area contributed by atoms with E-state index >= 15 is 0 Å². The fourth-order valence-electron chi connectivity index (χ4n) is 1.43. The first-order chi connectivity index (χ1) is 8.28. The van der Waals surface area contributed by atoms with E-state index in [-0.39, 0.29) is 23.3 Å². The quantitative estimate of drug-likeness (QED) is 0.858. The lowest BCUT2D eigenvalue weighted by Gasteiger charge is -2.18. The summed E-state index contributed by atoms with van der Waals surface area (Å²) in [4.78, 5) is 22.5. The van der Waals surface area contributed by atoms with Crippen molar-refractivity contribution in [1.29, 1.82) is 0 Å². The lowest BCUT2D eigenvalue weighted by atomic mass is 9.97. The molecule has 98 valence electrons. The number of nitrogens with one attached hydrogen (secondary N) is 1. The summed E-state index contributed by atoms with van der Waals surface area (Å²) >= 11 is 0. The normalized spacial score (nSPS) is 11.1. The maximum Gasteiger partial charge on any atom is 0.335 e. The van der Waals surface area contributed by atoms with Crippen LogP contribution in [0.5, 0.6) is 0 Å². The summed E-state index contributed by atoms with van der Waals surface area (Å²) in [7, 11) is 0. The molecule has 4 heteroatoms. The average molecular weight is 249 g/mol. The highest BCUT2D eigenvalue weighted by Crippen LogP contribution is 2.11. The van der Waals surface area contributed by atoms with Gasteiger partial charge in [-0.3, -0.25) is 4.79 Å². The zero-order valence-corrected chi connectivity index (χ0v) is 11.0. The second-order valence-corrected chi connectivity index (χ2v) is 5.52. The van der Waals surface area contributed by atoms with E-state index in [1.54, 1.807) is 12.1 Å². The lowest BCUT2D eigenvalue weighted by Crippen LogP contribution is -2.33. The summed E-state index contributed by atoms with van der Waals surface area (Å²) in [5.74, 6) is -1.07. The number of carboxylic acid groups (broad SMARTS) is 1. The van der Waals surface area contributed by atoms with Crippen LogP contribution in [0, 0.1) is 5.41 Å². The highest BCUT2D eigenvalue weighted by molar-refractivity contribution is 5.88. The fraction of sp³-hybridized carbons (Fsp3) is 0.429. The number of carbonyl (C=O) groups is 2. The van der Waals surface area contributed by atoms with Crippen molar-refractivity contribution in [3.8, 4) is 0 Å². The van der Waals surface area contributed by atoms with Gasteiger partial charge in [-0.2, -0.15) is 0 Å². The third kappa shape index (κ3) is 4.99. The van der Waals surface area contributed by atoms with Gasteiger partial charge in [0.15, 0.2) is 0 Å². The molecule has 0 aliphatic rings. The van der Waals surface area contributed by atoms with E-state index in [0.29, 0.717) is 12.1 Å². The van der Waals surface area contributed by atoms with Gasteiger partial charge in [-0.05, 0) is 23.1 Å². The number of amides is 1.